The summed E-state index contributed by atoms with van der Waals surface area (Å²) in [5, 5.41) is 11.7. The Bertz CT molecular complexity index is 100. The minimum atomic E-state index is 0.102. The second-order valence-electron chi connectivity index (χ2n) is 3.41. The fourth-order valence-electron chi connectivity index (χ4n) is 1.08. The minimum absolute atomic E-state index is 0.102. The first-order valence-corrected chi connectivity index (χ1v) is 5.89. The van der Waals surface area contributed by atoms with Crippen LogP contribution in [0.5, 0.6) is 0 Å². The summed E-state index contributed by atoms with van der Waals surface area (Å²) in [6.07, 6.45) is 3.40. The molecule has 0 aromatic rings. The molecule has 0 aliphatic heterocycles. The number of rotatable bonds is 12. The Balaban J connectivity index is 2.81. The maximum Gasteiger partial charge on any atom is 0.0698 e. The van der Waals surface area contributed by atoms with Crippen molar-refractivity contribution in [3.63, 3.8) is 0 Å². The molecule has 0 aliphatic carbocycles. The van der Waals surface area contributed by atoms with Gasteiger partial charge in [0.2, 0.25) is 0 Å². The highest BCUT2D eigenvalue weighted by atomic mass is 16.5. The van der Waals surface area contributed by atoms with Gasteiger partial charge in [-0.1, -0.05) is 13.3 Å². The largest absolute Gasteiger partial charge is 0.394 e. The molecule has 4 nitrogen and oxygen atoms in total. The maximum absolute atomic E-state index is 8.45. The first kappa shape index (κ1) is 14.8. The van der Waals surface area contributed by atoms with Gasteiger partial charge >= 0.3 is 0 Å². The van der Waals surface area contributed by atoms with Crippen molar-refractivity contribution in [3.8, 4) is 0 Å². The van der Waals surface area contributed by atoms with Gasteiger partial charge in [0.25, 0.3) is 0 Å². The molecule has 0 unspecified atom stereocenters. The highest BCUT2D eigenvalue weighted by Crippen LogP contribution is 1.88. The van der Waals surface area contributed by atoms with Gasteiger partial charge in [0.1, 0.15) is 0 Å². The topological polar surface area (TPSA) is 50.7 Å². The summed E-state index contributed by atoms with van der Waals surface area (Å²) in [6.45, 7) is 6.89. The Hall–Kier alpha value is -0.160. The van der Waals surface area contributed by atoms with E-state index in [2.05, 4.69) is 12.2 Å². The highest BCUT2D eigenvalue weighted by molar-refractivity contribution is 4.46. The van der Waals surface area contributed by atoms with E-state index in [1.54, 1.807) is 0 Å². The Morgan fingerprint density at radius 1 is 0.933 bits per heavy atom. The zero-order valence-corrected chi connectivity index (χ0v) is 9.83. The standard InChI is InChI=1S/C11H25NO3/c1-2-3-8-14-9-4-5-12-6-10-15-11-7-13/h12-13H,2-11H2,1H3. The van der Waals surface area contributed by atoms with Crippen LogP contribution in [0, 0.1) is 0 Å². The SMILES string of the molecule is CCCCOCCCNCCOCCO. The van der Waals surface area contributed by atoms with Gasteiger partial charge in [-0.2, -0.15) is 0 Å². The van der Waals surface area contributed by atoms with Crippen molar-refractivity contribution < 1.29 is 14.6 Å². The molecular formula is C11H25NO3. The zero-order chi connectivity index (χ0) is 11.2. The summed E-state index contributed by atoms with van der Waals surface area (Å²) in [5.74, 6) is 0. The average molecular weight is 219 g/mol. The number of ether oxygens (including phenoxy) is 2. The molecule has 0 saturated carbocycles. The second kappa shape index (κ2) is 13.8. The molecule has 15 heavy (non-hydrogen) atoms. The van der Waals surface area contributed by atoms with Crippen LogP contribution in [-0.2, 0) is 9.47 Å². The third-order valence-corrected chi connectivity index (χ3v) is 1.94. The minimum Gasteiger partial charge on any atom is -0.394 e. The van der Waals surface area contributed by atoms with Crippen LogP contribution in [-0.4, -0.2) is 51.2 Å². The lowest BCUT2D eigenvalue weighted by atomic mass is 10.4. The average Bonchev–Trinajstić information content (AvgIpc) is 2.26. The maximum atomic E-state index is 8.45. The van der Waals surface area contributed by atoms with E-state index in [4.69, 9.17) is 14.6 Å². The molecule has 0 fully saturated rings. The van der Waals surface area contributed by atoms with E-state index < -0.39 is 0 Å². The van der Waals surface area contributed by atoms with Crippen LogP contribution in [0.1, 0.15) is 26.2 Å². The molecule has 4 heteroatoms. The molecule has 0 aromatic carbocycles. The lowest BCUT2D eigenvalue weighted by molar-refractivity contribution is 0.0928. The fourth-order valence-corrected chi connectivity index (χ4v) is 1.08. The zero-order valence-electron chi connectivity index (χ0n) is 9.83. The number of unbranched alkanes of at least 4 members (excludes halogenated alkanes) is 1. The van der Waals surface area contributed by atoms with Crippen molar-refractivity contribution in [2.75, 3.05) is 46.1 Å². The van der Waals surface area contributed by atoms with E-state index in [0.717, 1.165) is 39.1 Å². The fraction of sp³-hybridized carbons (Fsp3) is 1.00. The number of aliphatic hydroxyl groups is 1. The highest BCUT2D eigenvalue weighted by Gasteiger charge is 1.90. The van der Waals surface area contributed by atoms with Crippen molar-refractivity contribution in [2.24, 2.45) is 0 Å². The molecule has 0 saturated heterocycles. The normalized spacial score (nSPS) is 10.8. The predicted molar refractivity (Wildman–Crippen MR) is 61.1 cm³/mol. The van der Waals surface area contributed by atoms with E-state index in [-0.39, 0.29) is 6.61 Å². The Morgan fingerprint density at radius 2 is 1.67 bits per heavy atom. The first-order chi connectivity index (χ1) is 7.41. The third-order valence-electron chi connectivity index (χ3n) is 1.94. The van der Waals surface area contributed by atoms with E-state index >= 15 is 0 Å². The molecular weight excluding hydrogens is 194 g/mol. The molecule has 0 rings (SSSR count). The number of nitrogens with one attached hydrogen (secondary N) is 1. The van der Waals surface area contributed by atoms with Gasteiger partial charge < -0.3 is 19.9 Å². The predicted octanol–water partition coefficient (Wildman–Crippen LogP) is 0.792. The molecule has 0 aliphatic rings. The smallest absolute Gasteiger partial charge is 0.0698 e. The lowest BCUT2D eigenvalue weighted by Gasteiger charge is -2.05. The van der Waals surface area contributed by atoms with Crippen LogP contribution in [0.15, 0.2) is 0 Å². The molecule has 0 amide bonds. The van der Waals surface area contributed by atoms with E-state index in [1.165, 1.54) is 6.42 Å². The summed E-state index contributed by atoms with van der Waals surface area (Å²) in [5.41, 5.74) is 0. The first-order valence-electron chi connectivity index (χ1n) is 5.89. The van der Waals surface area contributed by atoms with Crippen LogP contribution in [0.4, 0.5) is 0 Å². The molecule has 0 atom stereocenters. The summed E-state index contributed by atoms with van der Waals surface area (Å²) < 4.78 is 10.5. The van der Waals surface area contributed by atoms with Gasteiger partial charge in [-0.15, -0.1) is 0 Å². The number of aliphatic hydroxyl groups excluding tert-OH is 1. The van der Waals surface area contributed by atoms with Crippen molar-refractivity contribution in [1.29, 1.82) is 0 Å². The van der Waals surface area contributed by atoms with Crippen LogP contribution in [0.2, 0.25) is 0 Å². The van der Waals surface area contributed by atoms with Gasteiger partial charge in [0.15, 0.2) is 0 Å². The molecule has 0 spiro atoms. The number of hydrogen-bond acceptors (Lipinski definition) is 4. The molecule has 2 N–H and O–H groups in total. The van der Waals surface area contributed by atoms with Crippen molar-refractivity contribution >= 4 is 0 Å². The van der Waals surface area contributed by atoms with Crippen molar-refractivity contribution in [2.45, 2.75) is 26.2 Å². The van der Waals surface area contributed by atoms with Gasteiger partial charge in [-0.3, -0.25) is 0 Å². The summed E-state index contributed by atoms with van der Waals surface area (Å²) >= 11 is 0. The van der Waals surface area contributed by atoms with Gasteiger partial charge in [0, 0.05) is 19.8 Å². The summed E-state index contributed by atoms with van der Waals surface area (Å²) in [7, 11) is 0. The van der Waals surface area contributed by atoms with E-state index in [1.807, 2.05) is 0 Å². The van der Waals surface area contributed by atoms with Crippen LogP contribution < -0.4 is 5.32 Å². The van der Waals surface area contributed by atoms with Crippen molar-refractivity contribution in [1.82, 2.24) is 5.32 Å². The third kappa shape index (κ3) is 13.8. The van der Waals surface area contributed by atoms with Crippen LogP contribution in [0.25, 0.3) is 0 Å². The Labute approximate surface area is 93.0 Å². The molecule has 0 heterocycles. The molecule has 0 bridgehead atoms. The Morgan fingerprint density at radius 3 is 2.40 bits per heavy atom. The summed E-state index contributed by atoms with van der Waals surface area (Å²) in [4.78, 5) is 0. The van der Waals surface area contributed by atoms with E-state index in [9.17, 15) is 0 Å². The van der Waals surface area contributed by atoms with Crippen LogP contribution in [0.3, 0.4) is 0 Å². The summed E-state index contributed by atoms with van der Waals surface area (Å²) in [6, 6.07) is 0. The molecule has 92 valence electrons. The second-order valence-corrected chi connectivity index (χ2v) is 3.41. The quantitative estimate of drug-likeness (QED) is 0.477. The molecule has 0 radical (unpaired) electrons. The van der Waals surface area contributed by atoms with E-state index in [0.29, 0.717) is 13.2 Å². The van der Waals surface area contributed by atoms with Gasteiger partial charge in [-0.25, -0.2) is 0 Å². The molecule has 0 aromatic heterocycles. The number of hydrogen-bond donors (Lipinski definition) is 2. The monoisotopic (exact) mass is 219 g/mol. The lowest BCUT2D eigenvalue weighted by Crippen LogP contribution is -2.22. The van der Waals surface area contributed by atoms with Gasteiger partial charge in [-0.05, 0) is 19.4 Å². The van der Waals surface area contributed by atoms with Crippen molar-refractivity contribution in [3.05, 3.63) is 0 Å². The Kier molecular flexibility index (Phi) is 13.7. The van der Waals surface area contributed by atoms with Gasteiger partial charge in [0.05, 0.1) is 19.8 Å². The van der Waals surface area contributed by atoms with Crippen LogP contribution >= 0.6 is 0 Å².